The Kier molecular flexibility index (Phi) is 5.87. The number of benzene rings is 2. The Labute approximate surface area is 141 Å². The molecular formula is C16H14BrN3O3. The highest BCUT2D eigenvalue weighted by Gasteiger charge is 2.12. The molecule has 0 saturated carbocycles. The Morgan fingerprint density at radius 1 is 1.09 bits per heavy atom. The van der Waals surface area contributed by atoms with Crippen molar-refractivity contribution in [3.8, 4) is 5.75 Å². The molecule has 118 valence electrons. The van der Waals surface area contributed by atoms with E-state index in [-0.39, 0.29) is 0 Å². The van der Waals surface area contributed by atoms with Crippen LogP contribution < -0.4 is 15.5 Å². The minimum Gasteiger partial charge on any atom is -0.496 e. The quantitative estimate of drug-likeness (QED) is 0.489. The van der Waals surface area contributed by atoms with E-state index in [1.54, 1.807) is 36.4 Å². The first-order chi connectivity index (χ1) is 11.1. The summed E-state index contributed by atoms with van der Waals surface area (Å²) in [5, 5.41) is 6.22. The zero-order chi connectivity index (χ0) is 16.7. The van der Waals surface area contributed by atoms with Crippen LogP contribution in [0.2, 0.25) is 0 Å². The SMILES string of the molecule is COc1ccccc1/C=N\NC(=O)C(=O)Nc1ccc(Br)cc1. The fourth-order valence-corrected chi connectivity index (χ4v) is 1.97. The van der Waals surface area contributed by atoms with Crippen LogP contribution in [0.1, 0.15) is 5.56 Å². The fraction of sp³-hybridized carbons (Fsp3) is 0.0625. The highest BCUT2D eigenvalue weighted by molar-refractivity contribution is 9.10. The summed E-state index contributed by atoms with van der Waals surface area (Å²) in [6.45, 7) is 0. The molecule has 6 nitrogen and oxygen atoms in total. The highest BCUT2D eigenvalue weighted by atomic mass is 79.9. The molecule has 0 unspecified atom stereocenters. The van der Waals surface area contributed by atoms with Crippen LogP contribution in [0.5, 0.6) is 5.75 Å². The van der Waals surface area contributed by atoms with E-state index in [0.717, 1.165) is 4.47 Å². The molecule has 0 radical (unpaired) electrons. The molecule has 2 rings (SSSR count). The van der Waals surface area contributed by atoms with Crippen LogP contribution >= 0.6 is 15.9 Å². The number of amides is 2. The first-order valence-corrected chi connectivity index (χ1v) is 7.42. The van der Waals surface area contributed by atoms with Crippen LogP contribution in [-0.4, -0.2) is 25.1 Å². The minimum absolute atomic E-state index is 0.516. The van der Waals surface area contributed by atoms with Crippen molar-refractivity contribution < 1.29 is 14.3 Å². The number of nitrogens with zero attached hydrogens (tertiary/aromatic N) is 1. The summed E-state index contributed by atoms with van der Waals surface area (Å²) in [7, 11) is 1.54. The van der Waals surface area contributed by atoms with Gasteiger partial charge in [-0.25, -0.2) is 5.43 Å². The number of carbonyl (C=O) groups excluding carboxylic acids is 2. The third kappa shape index (κ3) is 4.93. The van der Waals surface area contributed by atoms with E-state index in [9.17, 15) is 9.59 Å². The molecule has 0 atom stereocenters. The maximum absolute atomic E-state index is 11.7. The average molecular weight is 376 g/mol. The zero-order valence-corrected chi connectivity index (χ0v) is 13.8. The molecule has 0 heterocycles. The smallest absolute Gasteiger partial charge is 0.329 e. The lowest BCUT2D eigenvalue weighted by Crippen LogP contribution is -2.32. The van der Waals surface area contributed by atoms with Gasteiger partial charge in [0.05, 0.1) is 13.3 Å². The normalized spacial score (nSPS) is 10.3. The number of hydrogen-bond acceptors (Lipinski definition) is 4. The number of halogens is 1. The maximum Gasteiger partial charge on any atom is 0.329 e. The minimum atomic E-state index is -0.862. The average Bonchev–Trinajstić information content (AvgIpc) is 2.57. The van der Waals surface area contributed by atoms with Crippen molar-refractivity contribution in [3.63, 3.8) is 0 Å². The topological polar surface area (TPSA) is 79.8 Å². The zero-order valence-electron chi connectivity index (χ0n) is 12.2. The number of carbonyl (C=O) groups is 2. The van der Waals surface area contributed by atoms with Crippen molar-refractivity contribution in [1.29, 1.82) is 0 Å². The Bertz CT molecular complexity index is 730. The second kappa shape index (κ2) is 8.09. The number of ether oxygens (including phenoxy) is 1. The summed E-state index contributed by atoms with van der Waals surface area (Å²) in [5.74, 6) is -1.05. The number of methoxy groups -OCH3 is 1. The van der Waals surface area contributed by atoms with Crippen molar-refractivity contribution in [2.45, 2.75) is 0 Å². The van der Waals surface area contributed by atoms with Gasteiger partial charge in [0.1, 0.15) is 5.75 Å². The molecule has 2 N–H and O–H groups in total. The van der Waals surface area contributed by atoms with Crippen LogP contribution in [0, 0.1) is 0 Å². The summed E-state index contributed by atoms with van der Waals surface area (Å²) in [6.07, 6.45) is 1.41. The molecule has 0 saturated heterocycles. The Morgan fingerprint density at radius 2 is 1.78 bits per heavy atom. The van der Waals surface area contributed by atoms with Gasteiger partial charge in [-0.1, -0.05) is 28.1 Å². The van der Waals surface area contributed by atoms with E-state index >= 15 is 0 Å². The van der Waals surface area contributed by atoms with Gasteiger partial charge < -0.3 is 10.1 Å². The monoisotopic (exact) mass is 375 g/mol. The summed E-state index contributed by atoms with van der Waals surface area (Å²) in [4.78, 5) is 23.4. The molecule has 23 heavy (non-hydrogen) atoms. The molecule has 7 heteroatoms. The molecule has 2 aromatic rings. The fourth-order valence-electron chi connectivity index (χ4n) is 1.71. The van der Waals surface area contributed by atoms with E-state index in [1.807, 2.05) is 12.1 Å². The van der Waals surface area contributed by atoms with Gasteiger partial charge in [0.25, 0.3) is 0 Å². The van der Waals surface area contributed by atoms with Gasteiger partial charge in [-0.15, -0.1) is 0 Å². The molecule has 0 bridgehead atoms. The van der Waals surface area contributed by atoms with Crippen LogP contribution in [0.3, 0.4) is 0 Å². The van der Waals surface area contributed by atoms with E-state index in [4.69, 9.17) is 4.74 Å². The molecule has 0 aliphatic heterocycles. The predicted octanol–water partition coefficient (Wildman–Crippen LogP) is 2.55. The molecular weight excluding hydrogens is 362 g/mol. The molecule has 0 aromatic heterocycles. The van der Waals surface area contributed by atoms with Gasteiger partial charge >= 0.3 is 11.8 Å². The van der Waals surface area contributed by atoms with E-state index in [0.29, 0.717) is 17.0 Å². The number of hydrazone groups is 1. The van der Waals surface area contributed by atoms with Gasteiger partial charge in [-0.2, -0.15) is 5.10 Å². The van der Waals surface area contributed by atoms with Crippen LogP contribution in [0.25, 0.3) is 0 Å². The molecule has 0 aliphatic rings. The third-order valence-corrected chi connectivity index (χ3v) is 3.35. The lowest BCUT2D eigenvalue weighted by molar-refractivity contribution is -0.136. The van der Waals surface area contributed by atoms with Crippen LogP contribution in [0.4, 0.5) is 5.69 Å². The molecule has 0 spiro atoms. The predicted molar refractivity (Wildman–Crippen MR) is 91.5 cm³/mol. The Hall–Kier alpha value is -2.67. The second-order valence-corrected chi connectivity index (χ2v) is 5.32. The van der Waals surface area contributed by atoms with Gasteiger partial charge in [0, 0.05) is 15.7 Å². The lowest BCUT2D eigenvalue weighted by atomic mass is 10.2. The lowest BCUT2D eigenvalue weighted by Gasteiger charge is -2.04. The maximum atomic E-state index is 11.7. The molecule has 0 aliphatic carbocycles. The standard InChI is InChI=1S/C16H14BrN3O3/c1-23-14-5-3-2-4-11(14)10-18-20-16(22)15(21)19-13-8-6-12(17)7-9-13/h2-10H,1H3,(H,19,21)(H,20,22)/b18-10-. The van der Waals surface area contributed by atoms with Crippen molar-refractivity contribution in [3.05, 3.63) is 58.6 Å². The van der Waals surface area contributed by atoms with Crippen LogP contribution in [-0.2, 0) is 9.59 Å². The third-order valence-electron chi connectivity index (χ3n) is 2.82. The van der Waals surface area contributed by atoms with Gasteiger partial charge in [0.2, 0.25) is 0 Å². The summed E-state index contributed by atoms with van der Waals surface area (Å²) in [5.41, 5.74) is 3.37. The van der Waals surface area contributed by atoms with Crippen molar-refractivity contribution in [2.75, 3.05) is 12.4 Å². The number of nitrogens with one attached hydrogen (secondary N) is 2. The first-order valence-electron chi connectivity index (χ1n) is 6.63. The first kappa shape index (κ1) is 16.7. The summed E-state index contributed by atoms with van der Waals surface area (Å²) < 4.78 is 6.03. The summed E-state index contributed by atoms with van der Waals surface area (Å²) >= 11 is 3.29. The largest absolute Gasteiger partial charge is 0.496 e. The van der Waals surface area contributed by atoms with E-state index in [1.165, 1.54) is 13.3 Å². The molecule has 2 aromatic carbocycles. The van der Waals surface area contributed by atoms with Crippen molar-refractivity contribution in [1.82, 2.24) is 5.43 Å². The number of para-hydroxylation sites is 1. The number of rotatable bonds is 4. The molecule has 2 amide bonds. The van der Waals surface area contributed by atoms with E-state index in [2.05, 4.69) is 31.8 Å². The summed E-state index contributed by atoms with van der Waals surface area (Å²) in [6, 6.07) is 14.0. The van der Waals surface area contributed by atoms with Gasteiger partial charge in [-0.3, -0.25) is 9.59 Å². The Morgan fingerprint density at radius 3 is 2.48 bits per heavy atom. The van der Waals surface area contributed by atoms with E-state index < -0.39 is 11.8 Å². The number of anilines is 1. The van der Waals surface area contributed by atoms with Crippen molar-refractivity contribution in [2.24, 2.45) is 5.10 Å². The Balaban J connectivity index is 1.92. The van der Waals surface area contributed by atoms with Crippen LogP contribution in [0.15, 0.2) is 58.1 Å². The number of hydrogen-bond donors (Lipinski definition) is 2. The van der Waals surface area contributed by atoms with Gasteiger partial charge in [0.15, 0.2) is 0 Å². The van der Waals surface area contributed by atoms with Gasteiger partial charge in [-0.05, 0) is 36.4 Å². The second-order valence-electron chi connectivity index (χ2n) is 4.40. The highest BCUT2D eigenvalue weighted by Crippen LogP contribution is 2.15. The van der Waals surface area contributed by atoms with Crippen molar-refractivity contribution >= 4 is 39.6 Å². The molecule has 0 fully saturated rings.